The maximum absolute atomic E-state index is 11.5. The van der Waals surface area contributed by atoms with Crippen LogP contribution in [0.5, 0.6) is 0 Å². The zero-order valence-electron chi connectivity index (χ0n) is 10.7. The van der Waals surface area contributed by atoms with Gasteiger partial charge < -0.3 is 27.1 Å². The average molecular weight is 260 g/mol. The van der Waals surface area contributed by atoms with Crippen LogP contribution in [-0.4, -0.2) is 29.5 Å². The van der Waals surface area contributed by atoms with Crippen LogP contribution >= 0.6 is 0 Å². The molecule has 0 heterocycles. The monoisotopic (exact) mass is 260 g/mol. The number of nitrogens with zero attached hydrogens (tertiary/aromatic N) is 1. The summed E-state index contributed by atoms with van der Waals surface area (Å²) in [4.78, 5) is 22.4. The van der Waals surface area contributed by atoms with E-state index in [4.69, 9.17) is 22.2 Å². The highest BCUT2D eigenvalue weighted by Gasteiger charge is 2.24. The second-order valence-corrected chi connectivity index (χ2v) is 4.53. The van der Waals surface area contributed by atoms with E-state index in [0.29, 0.717) is 0 Å². The standard InChI is InChI=1S/C9H20N6O3/c1-9(2,3)18-8(17)13-5(4-6(10)16)7(14-11)15-12/h5H,4,11-12H2,1-3H3,(H2,10,16)(H,13,17)(H,14,15). The molecule has 0 radical (unpaired) electrons. The van der Waals surface area contributed by atoms with Gasteiger partial charge >= 0.3 is 6.09 Å². The fourth-order valence-corrected chi connectivity index (χ4v) is 1.09. The Morgan fingerprint density at radius 1 is 1.39 bits per heavy atom. The minimum Gasteiger partial charge on any atom is -0.444 e. The van der Waals surface area contributed by atoms with Crippen LogP contribution in [-0.2, 0) is 9.53 Å². The summed E-state index contributed by atoms with van der Waals surface area (Å²) >= 11 is 0. The topological polar surface area (TPSA) is 158 Å². The SMILES string of the molecule is CC(C)(C)OC(=O)NC(CC(N)=O)/C(=N/N)NN. The first-order valence-corrected chi connectivity index (χ1v) is 5.21. The van der Waals surface area contributed by atoms with Crippen molar-refractivity contribution < 1.29 is 14.3 Å². The van der Waals surface area contributed by atoms with Crippen LogP contribution in [0.1, 0.15) is 27.2 Å². The van der Waals surface area contributed by atoms with Gasteiger partial charge in [-0.2, -0.15) is 5.10 Å². The normalized spacial score (nSPS) is 13.7. The van der Waals surface area contributed by atoms with Gasteiger partial charge in [-0.15, -0.1) is 0 Å². The van der Waals surface area contributed by atoms with Gasteiger partial charge in [0.2, 0.25) is 5.91 Å². The van der Waals surface area contributed by atoms with Crippen LogP contribution in [0.4, 0.5) is 4.79 Å². The van der Waals surface area contributed by atoms with Crippen molar-refractivity contribution >= 4 is 17.8 Å². The van der Waals surface area contributed by atoms with Crippen molar-refractivity contribution in [1.29, 1.82) is 0 Å². The van der Waals surface area contributed by atoms with E-state index in [-0.39, 0.29) is 12.3 Å². The molecular formula is C9H20N6O3. The van der Waals surface area contributed by atoms with E-state index < -0.39 is 23.6 Å². The van der Waals surface area contributed by atoms with Crippen molar-refractivity contribution in [3.63, 3.8) is 0 Å². The third kappa shape index (κ3) is 6.53. The molecule has 0 aromatic rings. The Bertz CT molecular complexity index is 336. The second kappa shape index (κ2) is 6.64. The number of carbonyl (C=O) groups is 2. The maximum Gasteiger partial charge on any atom is 0.408 e. The van der Waals surface area contributed by atoms with Gasteiger partial charge in [0.25, 0.3) is 0 Å². The summed E-state index contributed by atoms with van der Waals surface area (Å²) in [7, 11) is 0. The van der Waals surface area contributed by atoms with Crippen molar-refractivity contribution in [2.45, 2.75) is 38.8 Å². The summed E-state index contributed by atoms with van der Waals surface area (Å²) in [5, 5.41) is 5.70. The molecule has 0 saturated carbocycles. The van der Waals surface area contributed by atoms with E-state index in [2.05, 4.69) is 15.8 Å². The molecule has 0 saturated heterocycles. The number of primary amides is 1. The van der Waals surface area contributed by atoms with Crippen molar-refractivity contribution in [1.82, 2.24) is 10.7 Å². The minimum atomic E-state index is -0.868. The summed E-state index contributed by atoms with van der Waals surface area (Å²) in [6, 6.07) is -0.868. The smallest absolute Gasteiger partial charge is 0.408 e. The Morgan fingerprint density at radius 3 is 2.28 bits per heavy atom. The van der Waals surface area contributed by atoms with Crippen LogP contribution in [0.2, 0.25) is 0 Å². The zero-order chi connectivity index (χ0) is 14.3. The molecule has 0 bridgehead atoms. The highest BCUT2D eigenvalue weighted by Crippen LogP contribution is 2.07. The number of hydrogen-bond acceptors (Lipinski definition) is 6. The summed E-state index contributed by atoms with van der Waals surface area (Å²) in [5.74, 6) is 9.59. The predicted octanol–water partition coefficient (Wildman–Crippen LogP) is -1.51. The number of nitrogens with two attached hydrogens (primary N) is 3. The largest absolute Gasteiger partial charge is 0.444 e. The Morgan fingerprint density at radius 2 is 1.94 bits per heavy atom. The molecular weight excluding hydrogens is 240 g/mol. The fraction of sp³-hybridized carbons (Fsp3) is 0.667. The number of rotatable bonds is 4. The highest BCUT2D eigenvalue weighted by atomic mass is 16.6. The van der Waals surface area contributed by atoms with Gasteiger partial charge in [0, 0.05) is 0 Å². The van der Waals surface area contributed by atoms with Gasteiger partial charge in [0.1, 0.15) is 11.6 Å². The van der Waals surface area contributed by atoms with E-state index >= 15 is 0 Å². The lowest BCUT2D eigenvalue weighted by Gasteiger charge is -2.23. The molecule has 104 valence electrons. The molecule has 18 heavy (non-hydrogen) atoms. The molecule has 0 spiro atoms. The summed E-state index contributed by atoms with van der Waals surface area (Å²) < 4.78 is 5.02. The van der Waals surface area contributed by atoms with Crippen LogP contribution in [0, 0.1) is 0 Å². The molecule has 9 nitrogen and oxygen atoms in total. The first kappa shape index (κ1) is 16.0. The number of hydrazone groups is 1. The predicted molar refractivity (Wildman–Crippen MR) is 65.9 cm³/mol. The second-order valence-electron chi connectivity index (χ2n) is 4.53. The Balaban J connectivity index is 4.69. The number of amides is 2. The first-order valence-electron chi connectivity index (χ1n) is 5.21. The lowest BCUT2D eigenvalue weighted by molar-refractivity contribution is -0.118. The third-order valence-electron chi connectivity index (χ3n) is 1.71. The van der Waals surface area contributed by atoms with E-state index in [1.54, 1.807) is 20.8 Å². The van der Waals surface area contributed by atoms with Gasteiger partial charge in [-0.05, 0) is 20.8 Å². The molecule has 0 aromatic carbocycles. The van der Waals surface area contributed by atoms with Crippen LogP contribution in [0.3, 0.4) is 0 Å². The quantitative estimate of drug-likeness (QED) is 0.179. The number of alkyl carbamates (subject to hydrolysis) is 1. The molecule has 8 N–H and O–H groups in total. The Kier molecular flexibility index (Phi) is 5.89. The highest BCUT2D eigenvalue weighted by molar-refractivity contribution is 5.93. The Labute approximate surface area is 105 Å². The number of hydrogen-bond donors (Lipinski definition) is 5. The van der Waals surface area contributed by atoms with Crippen molar-refractivity contribution in [3.05, 3.63) is 0 Å². The van der Waals surface area contributed by atoms with E-state index in [1.165, 1.54) is 0 Å². The minimum absolute atomic E-state index is 0.0136. The Hall–Kier alpha value is -2.03. The summed E-state index contributed by atoms with van der Waals surface area (Å²) in [5.41, 5.74) is 6.55. The fourth-order valence-electron chi connectivity index (χ4n) is 1.09. The molecule has 2 amide bonds. The molecule has 0 aliphatic carbocycles. The average Bonchev–Trinajstić information content (AvgIpc) is 2.14. The maximum atomic E-state index is 11.5. The number of hydrazine groups is 1. The van der Waals surface area contributed by atoms with Crippen LogP contribution in [0.25, 0.3) is 0 Å². The zero-order valence-corrected chi connectivity index (χ0v) is 10.7. The van der Waals surface area contributed by atoms with Gasteiger partial charge in [-0.25, -0.2) is 10.6 Å². The molecule has 1 atom stereocenters. The lowest BCUT2D eigenvalue weighted by Crippen LogP contribution is -2.52. The number of carbonyl (C=O) groups excluding carboxylic acids is 2. The van der Waals surface area contributed by atoms with Crippen molar-refractivity contribution in [3.8, 4) is 0 Å². The molecule has 0 aliphatic rings. The number of amidine groups is 1. The lowest BCUT2D eigenvalue weighted by atomic mass is 10.2. The van der Waals surface area contributed by atoms with Crippen molar-refractivity contribution in [2.75, 3.05) is 0 Å². The van der Waals surface area contributed by atoms with Gasteiger partial charge in [0.15, 0.2) is 5.84 Å². The molecule has 0 aromatic heterocycles. The van der Waals surface area contributed by atoms with Crippen LogP contribution in [0.15, 0.2) is 5.10 Å². The van der Waals surface area contributed by atoms with E-state index in [1.807, 2.05) is 0 Å². The van der Waals surface area contributed by atoms with Crippen molar-refractivity contribution in [2.24, 2.45) is 22.5 Å². The summed E-state index contributed by atoms with van der Waals surface area (Å²) in [6.07, 6.45) is -0.940. The molecule has 0 fully saturated rings. The molecule has 0 aliphatic heterocycles. The van der Waals surface area contributed by atoms with E-state index in [9.17, 15) is 9.59 Å². The third-order valence-corrected chi connectivity index (χ3v) is 1.71. The van der Waals surface area contributed by atoms with Crippen LogP contribution < -0.4 is 28.2 Å². The molecule has 1 unspecified atom stereocenters. The molecule has 0 rings (SSSR count). The molecule has 9 heteroatoms. The first-order chi connectivity index (χ1) is 8.19. The number of ether oxygens (including phenoxy) is 1. The van der Waals surface area contributed by atoms with E-state index in [0.717, 1.165) is 0 Å². The van der Waals surface area contributed by atoms with Gasteiger partial charge in [-0.1, -0.05) is 0 Å². The number of nitrogens with one attached hydrogen (secondary N) is 2. The summed E-state index contributed by atoms with van der Waals surface area (Å²) in [6.45, 7) is 5.11. The van der Waals surface area contributed by atoms with Gasteiger partial charge in [0.05, 0.1) is 6.42 Å². The van der Waals surface area contributed by atoms with Gasteiger partial charge in [-0.3, -0.25) is 4.79 Å².